The third-order valence-electron chi connectivity index (χ3n) is 5.37. The molecule has 2 rings (SSSR count). The molecule has 1 aromatic heterocycles. The Morgan fingerprint density at radius 2 is 1.42 bits per heavy atom. The number of aromatic nitrogens is 1. The number of carbonyl (C=O) groups is 1. The Labute approximate surface area is 194 Å². The van der Waals surface area contributed by atoms with E-state index in [1.807, 2.05) is 0 Å². The summed E-state index contributed by atoms with van der Waals surface area (Å²) in [6, 6.07) is 8.46. The molecule has 4 nitrogen and oxygen atoms in total. The van der Waals surface area contributed by atoms with E-state index in [-0.39, 0.29) is 12.0 Å². The first kappa shape index (κ1) is 26.3. The Bertz CT molecular complexity index is 914. The molecule has 8 heteroatoms. The molecular weight excluding hydrogens is 449 g/mol. The van der Waals surface area contributed by atoms with Gasteiger partial charge in [0.2, 0.25) is 8.32 Å². The number of benzene rings is 1. The number of fused-ring (bicyclic) bond motifs is 1. The quantitative estimate of drug-likeness (QED) is 0.390. The minimum Gasteiger partial charge on any atom is -0.519 e. The monoisotopic (exact) mass is 492 g/mol. The van der Waals surface area contributed by atoms with Gasteiger partial charge in [-0.2, -0.15) is 0 Å². The number of rotatable bonds is 8. The Kier molecular flexibility index (Phi) is 7.45. The number of hydrogen-bond acceptors (Lipinski definition) is 3. The van der Waals surface area contributed by atoms with Crippen molar-refractivity contribution < 1.29 is 9.22 Å². The first-order valence-electron chi connectivity index (χ1n) is 11.4. The summed E-state index contributed by atoms with van der Waals surface area (Å²) in [7, 11) is -7.10. The first-order chi connectivity index (χ1) is 13.8. The van der Waals surface area contributed by atoms with Crippen LogP contribution in [0.3, 0.4) is 0 Å². The van der Waals surface area contributed by atoms with E-state index in [0.717, 1.165) is 6.42 Å². The number of para-hydroxylation sites is 1. The zero-order valence-electron chi connectivity index (χ0n) is 21.9. The minimum atomic E-state index is -1.99. The van der Waals surface area contributed by atoms with Gasteiger partial charge in [0.25, 0.3) is 0 Å². The maximum absolute atomic E-state index is 13.7. The van der Waals surface area contributed by atoms with Gasteiger partial charge in [-0.3, -0.25) is 4.79 Å². The third kappa shape index (κ3) is 6.53. The molecule has 1 atom stereocenters. The first-order valence-corrected chi connectivity index (χ1v) is 25.2. The minimum absolute atomic E-state index is 0.0196. The summed E-state index contributed by atoms with van der Waals surface area (Å²) in [5.41, 5.74) is 2.57. The lowest BCUT2D eigenvalue weighted by Gasteiger charge is -2.48. The van der Waals surface area contributed by atoms with Gasteiger partial charge in [0.05, 0.1) is 6.04 Å². The topological polar surface area (TPSA) is 34.5 Å². The van der Waals surface area contributed by atoms with E-state index in [1.54, 1.807) is 0 Å². The second kappa shape index (κ2) is 8.77. The number of nitrogens with zero attached hydrogens (tertiary/aromatic N) is 2. The fourth-order valence-corrected chi connectivity index (χ4v) is 17.3. The molecule has 1 heterocycles. The maximum atomic E-state index is 13.7. The Morgan fingerprint density at radius 1 is 0.903 bits per heavy atom. The normalized spacial score (nSPS) is 14.9. The van der Waals surface area contributed by atoms with E-state index < -0.39 is 33.0 Å². The van der Waals surface area contributed by atoms with E-state index in [2.05, 4.69) is 117 Å². The second-order valence-corrected chi connectivity index (χ2v) is 32.0. The van der Waals surface area contributed by atoms with Crippen LogP contribution >= 0.6 is 0 Å². The zero-order chi connectivity index (χ0) is 24.0. The molecule has 0 saturated carbocycles. The Balaban J connectivity index is 2.65. The van der Waals surface area contributed by atoms with Crippen LogP contribution in [0, 0.1) is 0 Å². The van der Waals surface area contributed by atoms with Crippen LogP contribution in [-0.2, 0) is 15.6 Å². The van der Waals surface area contributed by atoms with E-state index in [4.69, 9.17) is 4.43 Å². The Morgan fingerprint density at radius 3 is 1.87 bits per heavy atom. The fourth-order valence-electron chi connectivity index (χ4n) is 4.77. The average Bonchev–Trinajstić information content (AvgIpc) is 2.89. The van der Waals surface area contributed by atoms with Crippen molar-refractivity contribution in [2.75, 3.05) is 0 Å². The molecule has 0 amide bonds. The largest absolute Gasteiger partial charge is 0.519 e. The lowest BCUT2D eigenvalue weighted by molar-refractivity contribution is -0.138. The van der Waals surface area contributed by atoms with Crippen molar-refractivity contribution in [3.8, 4) is 0 Å². The van der Waals surface area contributed by atoms with Crippen molar-refractivity contribution in [3.05, 3.63) is 36.0 Å². The van der Waals surface area contributed by atoms with Crippen LogP contribution in [0.15, 0.2) is 30.5 Å². The lowest BCUT2D eigenvalue weighted by atomic mass is 10.1. The van der Waals surface area contributed by atoms with Crippen molar-refractivity contribution in [2.24, 2.45) is 0 Å². The van der Waals surface area contributed by atoms with Crippen LogP contribution in [0.4, 0.5) is 0 Å². The summed E-state index contributed by atoms with van der Waals surface area (Å²) in [6.07, 6.45) is 3.05. The lowest BCUT2D eigenvalue weighted by Crippen LogP contribution is -2.66. The van der Waals surface area contributed by atoms with Gasteiger partial charge in [0, 0.05) is 10.9 Å². The third-order valence-corrected chi connectivity index (χ3v) is 15.5. The molecule has 2 aromatic rings. The van der Waals surface area contributed by atoms with Crippen LogP contribution in [0.1, 0.15) is 5.56 Å². The zero-order valence-corrected chi connectivity index (χ0v) is 25.9. The molecule has 1 aromatic carbocycles. The van der Waals surface area contributed by atoms with Crippen LogP contribution in [-0.4, -0.2) is 53.5 Å². The predicted octanol–water partition coefficient (Wildman–Crippen LogP) is 6.59. The Hall–Kier alpha value is -0.942. The van der Waals surface area contributed by atoms with Gasteiger partial charge in [0.1, 0.15) is 16.5 Å². The molecular formula is C23H44N2O2Si4. The molecule has 0 radical (unpaired) electrons. The van der Waals surface area contributed by atoms with Gasteiger partial charge in [-0.25, -0.2) is 0 Å². The fraction of sp³-hybridized carbons (Fsp3) is 0.609. The maximum Gasteiger partial charge on any atom is 0.309 e. The van der Waals surface area contributed by atoms with Gasteiger partial charge in [-0.15, -0.1) is 0 Å². The SMILES string of the molecule is C[Si](C)(C)OC(=O)C(Cc1cn([Si](C)(C)C)c2ccccc12)N([Si](C)(C)C)[Si](C)(C)C. The van der Waals surface area contributed by atoms with Crippen LogP contribution in [0.2, 0.25) is 78.6 Å². The standard InChI is InChI=1S/C23H44N2O2Si4/c1-28(2,3)24-18-19(20-15-13-14-16-21(20)24)17-22(23(26)27-31(10,11)12)25(29(4,5)6)30(7,8)9/h13-16,18,22H,17H2,1-12H3. The highest BCUT2D eigenvalue weighted by Crippen LogP contribution is 2.31. The highest BCUT2D eigenvalue weighted by Gasteiger charge is 2.44. The predicted molar refractivity (Wildman–Crippen MR) is 146 cm³/mol. The molecule has 0 spiro atoms. The van der Waals surface area contributed by atoms with E-state index in [0.29, 0.717) is 0 Å². The number of carbonyl (C=O) groups excluding carboxylic acids is 1. The van der Waals surface area contributed by atoms with Crippen LogP contribution in [0.5, 0.6) is 0 Å². The summed E-state index contributed by atoms with van der Waals surface area (Å²) in [5, 5.41) is 1.28. The molecule has 0 bridgehead atoms. The summed E-state index contributed by atoms with van der Waals surface area (Å²) >= 11 is 0. The molecule has 0 fully saturated rings. The van der Waals surface area contributed by atoms with Crippen molar-refractivity contribution in [1.29, 1.82) is 0 Å². The highest BCUT2D eigenvalue weighted by atomic mass is 28.4. The smallest absolute Gasteiger partial charge is 0.309 e. The molecule has 0 aliphatic heterocycles. The number of hydrogen-bond donors (Lipinski definition) is 0. The molecule has 0 saturated heterocycles. The van der Waals surface area contributed by atoms with Crippen LogP contribution in [0.25, 0.3) is 10.9 Å². The van der Waals surface area contributed by atoms with Crippen molar-refractivity contribution in [3.63, 3.8) is 0 Å². The second-order valence-electron chi connectivity index (χ2n) is 12.7. The van der Waals surface area contributed by atoms with Gasteiger partial charge < -0.3 is 12.9 Å². The van der Waals surface area contributed by atoms with E-state index in [1.165, 1.54) is 16.5 Å². The molecule has 174 valence electrons. The summed E-state index contributed by atoms with van der Waals surface area (Å²) in [5.74, 6) is -0.0196. The molecule has 0 N–H and O–H groups in total. The highest BCUT2D eigenvalue weighted by molar-refractivity contribution is 6.90. The summed E-state index contributed by atoms with van der Waals surface area (Å²) < 4.78 is 11.3. The summed E-state index contributed by atoms with van der Waals surface area (Å²) in [6.45, 7) is 27.6. The van der Waals surface area contributed by atoms with E-state index >= 15 is 0 Å². The van der Waals surface area contributed by atoms with Gasteiger partial charge in [-0.1, -0.05) is 77.1 Å². The molecule has 0 aliphatic carbocycles. The van der Waals surface area contributed by atoms with Crippen LogP contribution < -0.4 is 0 Å². The van der Waals surface area contributed by atoms with E-state index in [9.17, 15) is 4.79 Å². The van der Waals surface area contributed by atoms with Crippen molar-refractivity contribution in [2.45, 2.75) is 91.0 Å². The van der Waals surface area contributed by atoms with Gasteiger partial charge in [-0.05, 0) is 43.9 Å². The molecule has 1 unspecified atom stereocenters. The van der Waals surface area contributed by atoms with Gasteiger partial charge >= 0.3 is 5.97 Å². The molecule has 0 aliphatic rings. The summed E-state index contributed by atoms with van der Waals surface area (Å²) in [4.78, 5) is 13.7. The average molecular weight is 493 g/mol. The van der Waals surface area contributed by atoms with Crippen molar-refractivity contribution in [1.82, 2.24) is 8.46 Å². The van der Waals surface area contributed by atoms with Crippen molar-refractivity contribution >= 4 is 49.9 Å². The molecule has 31 heavy (non-hydrogen) atoms. The van der Waals surface area contributed by atoms with Gasteiger partial charge in [0.15, 0.2) is 8.24 Å².